The number of carbonyl (C=O) groups is 1. The third-order valence-corrected chi connectivity index (χ3v) is 3.30. The van der Waals surface area contributed by atoms with Crippen LogP contribution in [0, 0.1) is 0 Å². The van der Waals surface area contributed by atoms with E-state index < -0.39 is 0 Å². The highest BCUT2D eigenvalue weighted by Crippen LogP contribution is 2.15. The second-order valence-electron chi connectivity index (χ2n) is 4.20. The summed E-state index contributed by atoms with van der Waals surface area (Å²) in [6.45, 7) is 1.96. The molecule has 0 saturated carbocycles. The number of rotatable bonds is 5. The average Bonchev–Trinajstić information content (AvgIpc) is 2.90. The number of halogens is 1. The molecule has 0 aliphatic rings. The van der Waals surface area contributed by atoms with Crippen molar-refractivity contribution in [1.29, 1.82) is 0 Å². The van der Waals surface area contributed by atoms with Gasteiger partial charge in [-0.05, 0) is 30.2 Å². The molecule has 1 aromatic carbocycles. The van der Waals surface area contributed by atoms with E-state index in [9.17, 15) is 4.79 Å². The van der Waals surface area contributed by atoms with E-state index >= 15 is 0 Å². The molecule has 4 heteroatoms. The standard InChI is InChI=1S/C15H16BrNO2/c1-2-14-13(8-10-19-14)15(18)17-12-5-3-11(4-6-12)7-9-16/h3-6,8,10H,2,7,9H2,1H3,(H,17,18). The van der Waals surface area contributed by atoms with Gasteiger partial charge in [-0.15, -0.1) is 0 Å². The molecule has 0 aliphatic carbocycles. The smallest absolute Gasteiger partial charge is 0.259 e. The SMILES string of the molecule is CCc1occc1C(=O)Nc1ccc(CCBr)cc1. The number of nitrogens with one attached hydrogen (secondary N) is 1. The van der Waals surface area contributed by atoms with Gasteiger partial charge >= 0.3 is 0 Å². The molecule has 2 rings (SSSR count). The Morgan fingerprint density at radius 3 is 2.63 bits per heavy atom. The van der Waals surface area contributed by atoms with Crippen LogP contribution in [0.2, 0.25) is 0 Å². The van der Waals surface area contributed by atoms with Crippen molar-refractivity contribution in [2.24, 2.45) is 0 Å². The maximum atomic E-state index is 12.1. The van der Waals surface area contributed by atoms with Gasteiger partial charge in [0.05, 0.1) is 11.8 Å². The van der Waals surface area contributed by atoms with Gasteiger partial charge in [0.25, 0.3) is 5.91 Å². The number of benzene rings is 1. The Bertz CT molecular complexity index is 546. The maximum Gasteiger partial charge on any atom is 0.259 e. The Morgan fingerprint density at radius 2 is 2.00 bits per heavy atom. The number of alkyl halides is 1. The van der Waals surface area contributed by atoms with Crippen molar-refractivity contribution in [2.45, 2.75) is 19.8 Å². The molecule has 0 unspecified atom stereocenters. The number of amides is 1. The van der Waals surface area contributed by atoms with E-state index in [1.165, 1.54) is 5.56 Å². The highest BCUT2D eigenvalue weighted by atomic mass is 79.9. The fourth-order valence-corrected chi connectivity index (χ4v) is 2.34. The molecule has 1 amide bonds. The predicted octanol–water partition coefficient (Wildman–Crippen LogP) is 4.03. The van der Waals surface area contributed by atoms with Crippen LogP contribution in [-0.2, 0) is 12.8 Å². The third-order valence-electron chi connectivity index (χ3n) is 2.91. The Balaban J connectivity index is 2.06. The Morgan fingerprint density at radius 1 is 1.26 bits per heavy atom. The summed E-state index contributed by atoms with van der Waals surface area (Å²) in [5, 5.41) is 3.82. The highest BCUT2D eigenvalue weighted by Gasteiger charge is 2.13. The van der Waals surface area contributed by atoms with Crippen LogP contribution in [0.3, 0.4) is 0 Å². The van der Waals surface area contributed by atoms with E-state index in [-0.39, 0.29) is 5.91 Å². The van der Waals surface area contributed by atoms with Gasteiger partial charge in [-0.1, -0.05) is 35.0 Å². The van der Waals surface area contributed by atoms with Gasteiger partial charge in [0.1, 0.15) is 5.76 Å². The summed E-state index contributed by atoms with van der Waals surface area (Å²) in [6.07, 6.45) is 3.24. The molecule has 1 heterocycles. The summed E-state index contributed by atoms with van der Waals surface area (Å²) in [4.78, 5) is 12.1. The Labute approximate surface area is 121 Å². The van der Waals surface area contributed by atoms with E-state index in [0.29, 0.717) is 17.7 Å². The van der Waals surface area contributed by atoms with Crippen LogP contribution in [0.1, 0.15) is 28.6 Å². The van der Waals surface area contributed by atoms with Gasteiger partial charge in [-0.25, -0.2) is 0 Å². The first-order chi connectivity index (χ1) is 9.24. The normalized spacial score (nSPS) is 10.4. The van der Waals surface area contributed by atoms with E-state index in [1.807, 2.05) is 31.2 Å². The highest BCUT2D eigenvalue weighted by molar-refractivity contribution is 9.09. The fourth-order valence-electron chi connectivity index (χ4n) is 1.88. The lowest BCUT2D eigenvalue weighted by molar-refractivity contribution is 0.102. The number of carbonyl (C=O) groups excluding carboxylic acids is 1. The zero-order chi connectivity index (χ0) is 13.7. The molecule has 1 aromatic heterocycles. The zero-order valence-corrected chi connectivity index (χ0v) is 12.4. The number of hydrogen-bond acceptors (Lipinski definition) is 2. The topological polar surface area (TPSA) is 42.2 Å². The third kappa shape index (κ3) is 3.47. The van der Waals surface area contributed by atoms with Crippen molar-refractivity contribution in [3.8, 4) is 0 Å². The van der Waals surface area contributed by atoms with Crippen molar-refractivity contribution < 1.29 is 9.21 Å². The summed E-state index contributed by atoms with van der Waals surface area (Å²) in [6, 6.07) is 9.58. The predicted molar refractivity (Wildman–Crippen MR) is 80.0 cm³/mol. The Hall–Kier alpha value is -1.55. The van der Waals surface area contributed by atoms with Crippen molar-refractivity contribution >= 4 is 27.5 Å². The lowest BCUT2D eigenvalue weighted by Gasteiger charge is -2.06. The number of furan rings is 1. The van der Waals surface area contributed by atoms with Crippen LogP contribution in [0.25, 0.3) is 0 Å². The second-order valence-corrected chi connectivity index (χ2v) is 4.99. The van der Waals surface area contributed by atoms with Crippen LogP contribution in [-0.4, -0.2) is 11.2 Å². The van der Waals surface area contributed by atoms with E-state index in [1.54, 1.807) is 12.3 Å². The van der Waals surface area contributed by atoms with Crippen LogP contribution in [0.15, 0.2) is 41.0 Å². The largest absolute Gasteiger partial charge is 0.469 e. The first-order valence-electron chi connectivity index (χ1n) is 6.27. The number of aryl methyl sites for hydroxylation is 2. The first kappa shape index (κ1) is 13.9. The minimum atomic E-state index is -0.126. The van der Waals surface area contributed by atoms with Crippen molar-refractivity contribution in [3.05, 3.63) is 53.5 Å². The van der Waals surface area contributed by atoms with E-state index in [4.69, 9.17) is 4.42 Å². The molecule has 3 nitrogen and oxygen atoms in total. The lowest BCUT2D eigenvalue weighted by atomic mass is 10.1. The van der Waals surface area contributed by atoms with Gasteiger partial charge in [0.15, 0.2) is 0 Å². The van der Waals surface area contributed by atoms with Crippen LogP contribution in [0.5, 0.6) is 0 Å². The van der Waals surface area contributed by atoms with Crippen LogP contribution in [0.4, 0.5) is 5.69 Å². The first-order valence-corrected chi connectivity index (χ1v) is 7.39. The lowest BCUT2D eigenvalue weighted by Crippen LogP contribution is -2.12. The monoisotopic (exact) mass is 321 g/mol. The quantitative estimate of drug-likeness (QED) is 0.845. The zero-order valence-electron chi connectivity index (χ0n) is 10.8. The molecule has 1 N–H and O–H groups in total. The number of hydrogen-bond donors (Lipinski definition) is 1. The summed E-state index contributed by atoms with van der Waals surface area (Å²) < 4.78 is 5.26. The molecular formula is C15H16BrNO2. The molecule has 19 heavy (non-hydrogen) atoms. The molecule has 0 fully saturated rings. The Kier molecular flexibility index (Phi) is 4.80. The van der Waals surface area contributed by atoms with E-state index in [2.05, 4.69) is 21.2 Å². The maximum absolute atomic E-state index is 12.1. The molecule has 0 radical (unpaired) electrons. The summed E-state index contributed by atoms with van der Waals surface area (Å²) in [5.41, 5.74) is 2.64. The van der Waals surface area contributed by atoms with Crippen LogP contribution >= 0.6 is 15.9 Å². The summed E-state index contributed by atoms with van der Waals surface area (Å²) >= 11 is 3.41. The molecule has 0 atom stereocenters. The van der Waals surface area contributed by atoms with Crippen molar-refractivity contribution in [3.63, 3.8) is 0 Å². The molecular weight excluding hydrogens is 306 g/mol. The molecule has 100 valence electrons. The average molecular weight is 322 g/mol. The van der Waals surface area contributed by atoms with Crippen molar-refractivity contribution in [1.82, 2.24) is 0 Å². The van der Waals surface area contributed by atoms with Gasteiger partial charge in [-0.3, -0.25) is 4.79 Å². The second kappa shape index (κ2) is 6.57. The van der Waals surface area contributed by atoms with Gasteiger partial charge < -0.3 is 9.73 Å². The molecule has 0 bridgehead atoms. The minimum Gasteiger partial charge on any atom is -0.469 e. The molecule has 0 aliphatic heterocycles. The van der Waals surface area contributed by atoms with Gasteiger partial charge in [0.2, 0.25) is 0 Å². The molecule has 0 saturated heterocycles. The number of anilines is 1. The van der Waals surface area contributed by atoms with Crippen LogP contribution < -0.4 is 5.32 Å². The minimum absolute atomic E-state index is 0.126. The molecule has 2 aromatic rings. The van der Waals surface area contributed by atoms with Gasteiger partial charge in [0, 0.05) is 17.4 Å². The summed E-state index contributed by atoms with van der Waals surface area (Å²) in [5.74, 6) is 0.590. The van der Waals surface area contributed by atoms with Crippen molar-refractivity contribution in [2.75, 3.05) is 10.6 Å². The molecule has 0 spiro atoms. The fraction of sp³-hybridized carbons (Fsp3) is 0.267. The van der Waals surface area contributed by atoms with E-state index in [0.717, 1.165) is 17.4 Å². The van der Waals surface area contributed by atoms with Gasteiger partial charge in [-0.2, -0.15) is 0 Å². The summed E-state index contributed by atoms with van der Waals surface area (Å²) in [7, 11) is 0.